The molecule has 142 valence electrons. The van der Waals surface area contributed by atoms with Gasteiger partial charge in [-0.25, -0.2) is 0 Å². The number of para-hydroxylation sites is 1. The highest BCUT2D eigenvalue weighted by Gasteiger charge is 2.25. The molecule has 4 nitrogen and oxygen atoms in total. The maximum atomic E-state index is 13.0. The van der Waals surface area contributed by atoms with Crippen LogP contribution in [0.25, 0.3) is 0 Å². The van der Waals surface area contributed by atoms with Crippen molar-refractivity contribution in [3.63, 3.8) is 0 Å². The molecule has 0 amide bonds. The summed E-state index contributed by atoms with van der Waals surface area (Å²) in [5.41, 5.74) is 2.73. The summed E-state index contributed by atoms with van der Waals surface area (Å²) in [6.45, 7) is 5.34. The lowest BCUT2D eigenvalue weighted by atomic mass is 9.89. The van der Waals surface area contributed by atoms with Crippen molar-refractivity contribution in [1.29, 1.82) is 0 Å². The number of aryl methyl sites for hydroxylation is 2. The van der Waals surface area contributed by atoms with E-state index in [1.54, 1.807) is 68.4 Å². The molecular weight excluding hydrogens is 371 g/mol. The second-order valence-corrected chi connectivity index (χ2v) is 7.85. The standard InChI is InChI=1S/C23H21O4P/c1-15-14-16(2)21(23(25)28(26)27-19-12-8-5-9-13-19)17(3)20(15)22(24)18-10-6-4-7-11-18/h4-14,28H,1-3H3. The van der Waals surface area contributed by atoms with Crippen LogP contribution >= 0.6 is 8.03 Å². The number of ketones is 1. The number of hydrogen-bond acceptors (Lipinski definition) is 4. The third kappa shape index (κ3) is 3.97. The minimum absolute atomic E-state index is 0.159. The zero-order valence-electron chi connectivity index (χ0n) is 16.0. The number of hydrogen-bond donors (Lipinski definition) is 0. The van der Waals surface area contributed by atoms with Crippen LogP contribution in [0.5, 0.6) is 5.75 Å². The van der Waals surface area contributed by atoms with Crippen LogP contribution < -0.4 is 4.52 Å². The average Bonchev–Trinajstić information content (AvgIpc) is 2.68. The van der Waals surface area contributed by atoms with Crippen molar-refractivity contribution in [1.82, 2.24) is 0 Å². The second-order valence-electron chi connectivity index (χ2n) is 6.61. The Balaban J connectivity index is 2.01. The lowest BCUT2D eigenvalue weighted by Gasteiger charge is -2.16. The fraction of sp³-hybridized carbons (Fsp3) is 0.130. The Morgan fingerprint density at radius 1 is 0.786 bits per heavy atom. The lowest BCUT2D eigenvalue weighted by Crippen LogP contribution is -2.12. The number of carbonyl (C=O) groups excluding carboxylic acids is 2. The van der Waals surface area contributed by atoms with Crippen molar-refractivity contribution >= 4 is 19.3 Å². The largest absolute Gasteiger partial charge is 0.440 e. The minimum Gasteiger partial charge on any atom is -0.440 e. The molecule has 0 heterocycles. The van der Waals surface area contributed by atoms with E-state index >= 15 is 0 Å². The highest BCUT2D eigenvalue weighted by molar-refractivity contribution is 7.60. The van der Waals surface area contributed by atoms with Gasteiger partial charge in [-0.15, -0.1) is 0 Å². The Labute approximate surface area is 165 Å². The summed E-state index contributed by atoms with van der Waals surface area (Å²) in [5, 5.41) is 0. The van der Waals surface area contributed by atoms with Gasteiger partial charge in [0.15, 0.2) is 5.78 Å². The molecule has 0 aliphatic carbocycles. The topological polar surface area (TPSA) is 60.4 Å². The summed E-state index contributed by atoms with van der Waals surface area (Å²) >= 11 is 0. The summed E-state index contributed by atoms with van der Waals surface area (Å²) in [6, 6.07) is 19.3. The van der Waals surface area contributed by atoms with Gasteiger partial charge in [-0.2, -0.15) is 0 Å². The van der Waals surface area contributed by atoms with E-state index < -0.39 is 13.6 Å². The van der Waals surface area contributed by atoms with Crippen LogP contribution in [-0.2, 0) is 4.57 Å². The highest BCUT2D eigenvalue weighted by atomic mass is 31.1. The van der Waals surface area contributed by atoms with Crippen molar-refractivity contribution in [3.05, 3.63) is 100 Å². The van der Waals surface area contributed by atoms with Gasteiger partial charge in [0.05, 0.1) is 0 Å². The van der Waals surface area contributed by atoms with Crippen molar-refractivity contribution in [2.45, 2.75) is 20.8 Å². The normalized spacial score (nSPS) is 11.7. The number of benzene rings is 3. The van der Waals surface area contributed by atoms with Crippen LogP contribution in [0.1, 0.15) is 43.0 Å². The van der Waals surface area contributed by atoms with Gasteiger partial charge >= 0.3 is 8.03 Å². The third-order valence-corrected chi connectivity index (χ3v) is 5.64. The summed E-state index contributed by atoms with van der Waals surface area (Å²) in [7, 11) is -3.03. The first kappa shape index (κ1) is 19.8. The van der Waals surface area contributed by atoms with E-state index in [9.17, 15) is 14.2 Å². The minimum atomic E-state index is -3.03. The third-order valence-electron chi connectivity index (χ3n) is 4.60. The maximum absolute atomic E-state index is 13.0. The van der Waals surface area contributed by atoms with Crippen molar-refractivity contribution in [2.24, 2.45) is 0 Å². The Kier molecular flexibility index (Phi) is 5.91. The Morgan fingerprint density at radius 2 is 1.32 bits per heavy atom. The summed E-state index contributed by atoms with van der Waals surface area (Å²) in [4.78, 5) is 25.9. The molecule has 1 atom stereocenters. The lowest BCUT2D eigenvalue weighted by molar-refractivity contribution is 0.103. The molecule has 0 saturated carbocycles. The molecule has 0 fully saturated rings. The van der Waals surface area contributed by atoms with Crippen LogP contribution in [0.3, 0.4) is 0 Å². The summed E-state index contributed by atoms with van der Waals surface area (Å²) in [6.07, 6.45) is 0. The van der Waals surface area contributed by atoms with E-state index in [2.05, 4.69) is 0 Å². The molecule has 0 aromatic heterocycles. The molecule has 1 unspecified atom stereocenters. The average molecular weight is 392 g/mol. The van der Waals surface area contributed by atoms with E-state index in [0.717, 1.165) is 5.56 Å². The second kappa shape index (κ2) is 8.37. The van der Waals surface area contributed by atoms with Crippen LogP contribution in [-0.4, -0.2) is 11.3 Å². The quantitative estimate of drug-likeness (QED) is 0.408. The molecule has 0 spiro atoms. The van der Waals surface area contributed by atoms with E-state index in [0.29, 0.717) is 33.6 Å². The molecule has 0 N–H and O–H groups in total. The van der Waals surface area contributed by atoms with E-state index in [1.165, 1.54) is 0 Å². The molecule has 0 bridgehead atoms. The van der Waals surface area contributed by atoms with Gasteiger partial charge in [0.2, 0.25) is 0 Å². The molecule has 3 aromatic rings. The van der Waals surface area contributed by atoms with Crippen LogP contribution in [0, 0.1) is 20.8 Å². The summed E-state index contributed by atoms with van der Waals surface area (Å²) < 4.78 is 17.9. The van der Waals surface area contributed by atoms with Gasteiger partial charge < -0.3 is 4.52 Å². The first-order chi connectivity index (χ1) is 13.4. The first-order valence-electron chi connectivity index (χ1n) is 8.92. The van der Waals surface area contributed by atoms with Gasteiger partial charge in [0.25, 0.3) is 5.52 Å². The fourth-order valence-corrected chi connectivity index (χ4v) is 4.39. The smallest absolute Gasteiger partial charge is 0.305 e. The molecule has 28 heavy (non-hydrogen) atoms. The number of rotatable bonds is 6. The van der Waals surface area contributed by atoms with Crippen molar-refractivity contribution in [3.8, 4) is 5.75 Å². The van der Waals surface area contributed by atoms with Gasteiger partial charge in [-0.05, 0) is 49.6 Å². The Morgan fingerprint density at radius 3 is 1.93 bits per heavy atom. The molecule has 0 aliphatic rings. The maximum Gasteiger partial charge on any atom is 0.305 e. The zero-order chi connectivity index (χ0) is 20.3. The Hall–Kier alpha value is -2.97. The molecule has 0 radical (unpaired) electrons. The predicted molar refractivity (Wildman–Crippen MR) is 111 cm³/mol. The molecule has 0 saturated heterocycles. The van der Waals surface area contributed by atoms with Crippen LogP contribution in [0.15, 0.2) is 66.7 Å². The van der Waals surface area contributed by atoms with Crippen LogP contribution in [0.4, 0.5) is 0 Å². The van der Waals surface area contributed by atoms with Gasteiger partial charge in [0, 0.05) is 16.7 Å². The molecule has 3 aromatic carbocycles. The zero-order valence-corrected chi connectivity index (χ0v) is 17.0. The first-order valence-corrected chi connectivity index (χ1v) is 10.2. The monoisotopic (exact) mass is 392 g/mol. The predicted octanol–water partition coefficient (Wildman–Crippen LogP) is 5.54. The molecule has 0 aliphatic heterocycles. The summed E-state index contributed by atoms with van der Waals surface area (Å²) in [5.74, 6) is 0.219. The SMILES string of the molecule is Cc1cc(C)c(C(=O)[PH](=O)Oc2ccccc2)c(C)c1C(=O)c1ccccc1. The van der Waals surface area contributed by atoms with Crippen molar-refractivity contribution in [2.75, 3.05) is 0 Å². The highest BCUT2D eigenvalue weighted by Crippen LogP contribution is 2.35. The van der Waals surface area contributed by atoms with Gasteiger partial charge in [0.1, 0.15) is 5.75 Å². The van der Waals surface area contributed by atoms with E-state index in [4.69, 9.17) is 4.52 Å². The molecule has 5 heteroatoms. The van der Waals surface area contributed by atoms with Gasteiger partial charge in [-0.3, -0.25) is 14.2 Å². The fourth-order valence-electron chi connectivity index (χ4n) is 3.36. The Bertz CT molecular complexity index is 1060. The van der Waals surface area contributed by atoms with E-state index in [-0.39, 0.29) is 5.78 Å². The molecule has 3 rings (SSSR count). The van der Waals surface area contributed by atoms with Gasteiger partial charge in [-0.1, -0.05) is 54.6 Å². The van der Waals surface area contributed by atoms with E-state index in [1.807, 2.05) is 19.1 Å². The van der Waals surface area contributed by atoms with Crippen LogP contribution in [0.2, 0.25) is 0 Å². The number of carbonyl (C=O) groups is 2. The van der Waals surface area contributed by atoms with Crippen molar-refractivity contribution < 1.29 is 18.7 Å². The molecular formula is C23H21O4P.